The standard InChI is InChI=1S/C27H18ClN3O6S/c1-13-10-16-11-15(4-9-20(16)37-13)24(32)22-23(14-2-6-18(7-3-14)31(35)36)30(26(34)25(22)33)27-29-19-8-5-17(28)12-21(19)38-27/h2-9,11-13,23,32H,10H2,1H3/b24-22+/t13-,23-/m0/s1. The Balaban J connectivity index is 1.53. The Morgan fingerprint density at radius 1 is 1.16 bits per heavy atom. The maximum atomic E-state index is 13.4. The van der Waals surface area contributed by atoms with Crippen molar-refractivity contribution < 1.29 is 24.4 Å². The molecule has 3 aromatic carbocycles. The molecule has 2 atom stereocenters. The number of non-ortho nitro benzene ring substituents is 1. The minimum Gasteiger partial charge on any atom is -0.507 e. The molecule has 0 radical (unpaired) electrons. The van der Waals surface area contributed by atoms with Gasteiger partial charge in [0.1, 0.15) is 17.6 Å². The fourth-order valence-corrected chi connectivity index (χ4v) is 6.11. The number of anilines is 1. The van der Waals surface area contributed by atoms with Crippen LogP contribution in [0.25, 0.3) is 16.0 Å². The number of thiazole rings is 1. The van der Waals surface area contributed by atoms with Gasteiger partial charge >= 0.3 is 5.91 Å². The van der Waals surface area contributed by atoms with Crippen LogP contribution in [-0.4, -0.2) is 32.8 Å². The molecule has 2 aliphatic heterocycles. The number of carbonyl (C=O) groups is 2. The van der Waals surface area contributed by atoms with Crippen LogP contribution < -0.4 is 9.64 Å². The fraction of sp³-hybridized carbons (Fsp3) is 0.148. The summed E-state index contributed by atoms with van der Waals surface area (Å²) in [4.78, 5) is 43.3. The molecule has 1 fully saturated rings. The molecule has 2 aliphatic rings. The van der Waals surface area contributed by atoms with Crippen LogP contribution in [-0.2, 0) is 16.0 Å². The molecule has 190 valence electrons. The van der Waals surface area contributed by atoms with Crippen molar-refractivity contribution in [3.63, 3.8) is 0 Å². The monoisotopic (exact) mass is 547 g/mol. The highest BCUT2D eigenvalue weighted by Gasteiger charge is 2.48. The van der Waals surface area contributed by atoms with Gasteiger partial charge in [-0.2, -0.15) is 0 Å². The van der Waals surface area contributed by atoms with E-state index in [1.807, 2.05) is 6.92 Å². The van der Waals surface area contributed by atoms with E-state index in [9.17, 15) is 24.8 Å². The predicted octanol–water partition coefficient (Wildman–Crippen LogP) is 5.81. The number of aliphatic hydroxyl groups is 1. The normalized spacial score (nSPS) is 20.1. The number of aliphatic hydroxyl groups excluding tert-OH is 1. The average Bonchev–Trinajstić information content (AvgIpc) is 3.55. The van der Waals surface area contributed by atoms with E-state index in [1.165, 1.54) is 40.5 Å². The number of ether oxygens (including phenoxy) is 1. The summed E-state index contributed by atoms with van der Waals surface area (Å²) in [6, 6.07) is 14.7. The van der Waals surface area contributed by atoms with Gasteiger partial charge in [0.15, 0.2) is 5.13 Å². The Bertz CT molecular complexity index is 1700. The Kier molecular flexibility index (Phi) is 5.66. The number of nitrogens with zero attached hydrogens (tertiary/aromatic N) is 3. The number of halogens is 1. The molecule has 1 amide bonds. The predicted molar refractivity (Wildman–Crippen MR) is 143 cm³/mol. The number of carbonyl (C=O) groups excluding carboxylic acids is 2. The van der Waals surface area contributed by atoms with Gasteiger partial charge in [0, 0.05) is 29.1 Å². The quantitative estimate of drug-likeness (QED) is 0.112. The summed E-state index contributed by atoms with van der Waals surface area (Å²) in [6.45, 7) is 1.94. The number of Topliss-reactive ketones (excluding diaryl/α,β-unsaturated/α-hetero) is 1. The van der Waals surface area contributed by atoms with Gasteiger partial charge < -0.3 is 9.84 Å². The molecule has 6 rings (SSSR count). The first-order valence-corrected chi connectivity index (χ1v) is 12.8. The van der Waals surface area contributed by atoms with Gasteiger partial charge in [-0.1, -0.05) is 22.9 Å². The molecule has 0 bridgehead atoms. The Labute approximate surface area is 224 Å². The van der Waals surface area contributed by atoms with Crippen LogP contribution in [0.3, 0.4) is 0 Å². The van der Waals surface area contributed by atoms with Crippen molar-refractivity contribution in [3.8, 4) is 5.75 Å². The molecule has 0 aliphatic carbocycles. The lowest BCUT2D eigenvalue weighted by atomic mass is 9.94. The first-order chi connectivity index (χ1) is 18.2. The summed E-state index contributed by atoms with van der Waals surface area (Å²) < 4.78 is 6.45. The highest BCUT2D eigenvalue weighted by molar-refractivity contribution is 7.22. The van der Waals surface area contributed by atoms with Gasteiger partial charge in [-0.3, -0.25) is 24.6 Å². The summed E-state index contributed by atoms with van der Waals surface area (Å²) in [5.74, 6) is -1.39. The van der Waals surface area contributed by atoms with Gasteiger partial charge in [-0.25, -0.2) is 4.98 Å². The molecule has 9 nitrogen and oxygen atoms in total. The molecule has 1 aromatic heterocycles. The zero-order valence-electron chi connectivity index (χ0n) is 19.8. The van der Waals surface area contributed by atoms with Crippen LogP contribution in [0.5, 0.6) is 5.75 Å². The molecular formula is C27H18ClN3O6S. The molecule has 0 unspecified atom stereocenters. The van der Waals surface area contributed by atoms with Gasteiger partial charge in [-0.05, 0) is 66.6 Å². The number of benzene rings is 3. The summed E-state index contributed by atoms with van der Waals surface area (Å²) >= 11 is 7.30. The lowest BCUT2D eigenvalue weighted by Crippen LogP contribution is -2.29. The smallest absolute Gasteiger partial charge is 0.301 e. The lowest BCUT2D eigenvalue weighted by molar-refractivity contribution is -0.384. The average molecular weight is 548 g/mol. The maximum absolute atomic E-state index is 13.4. The number of aromatic nitrogens is 1. The third kappa shape index (κ3) is 3.89. The molecule has 4 aromatic rings. The summed E-state index contributed by atoms with van der Waals surface area (Å²) in [7, 11) is 0. The maximum Gasteiger partial charge on any atom is 0.301 e. The van der Waals surface area contributed by atoms with Crippen molar-refractivity contribution in [2.75, 3.05) is 4.90 Å². The second kappa shape index (κ2) is 8.93. The Morgan fingerprint density at radius 2 is 1.92 bits per heavy atom. The molecule has 11 heteroatoms. The van der Waals surface area contributed by atoms with Gasteiger partial charge in [0.05, 0.1) is 26.8 Å². The highest BCUT2D eigenvalue weighted by atomic mass is 35.5. The molecule has 1 N–H and O–H groups in total. The summed E-state index contributed by atoms with van der Waals surface area (Å²) in [6.07, 6.45) is 0.630. The van der Waals surface area contributed by atoms with Crippen LogP contribution in [0.2, 0.25) is 5.02 Å². The first-order valence-electron chi connectivity index (χ1n) is 11.6. The Morgan fingerprint density at radius 3 is 2.66 bits per heavy atom. The molecule has 1 saturated heterocycles. The zero-order valence-corrected chi connectivity index (χ0v) is 21.3. The third-order valence-electron chi connectivity index (χ3n) is 6.58. The molecule has 38 heavy (non-hydrogen) atoms. The van der Waals surface area contributed by atoms with Crippen molar-refractivity contribution in [3.05, 3.63) is 98.1 Å². The minimum atomic E-state index is -1.06. The lowest BCUT2D eigenvalue weighted by Gasteiger charge is -2.23. The molecule has 3 heterocycles. The van der Waals surface area contributed by atoms with E-state index >= 15 is 0 Å². The Hall–Kier alpha value is -4.28. The van der Waals surface area contributed by atoms with Crippen molar-refractivity contribution >= 4 is 61.4 Å². The highest BCUT2D eigenvalue weighted by Crippen LogP contribution is 2.45. The summed E-state index contributed by atoms with van der Waals surface area (Å²) in [5.41, 5.74) is 1.97. The van der Waals surface area contributed by atoms with Crippen molar-refractivity contribution in [1.29, 1.82) is 0 Å². The van der Waals surface area contributed by atoms with Crippen LogP contribution >= 0.6 is 22.9 Å². The second-order valence-corrected chi connectivity index (χ2v) is 10.5. The number of nitro benzene ring substituents is 1. The number of nitro groups is 1. The molecule has 0 saturated carbocycles. The van der Waals surface area contributed by atoms with E-state index in [2.05, 4.69) is 4.98 Å². The van der Waals surface area contributed by atoms with Crippen LogP contribution in [0.4, 0.5) is 10.8 Å². The van der Waals surface area contributed by atoms with Crippen molar-refractivity contribution in [2.45, 2.75) is 25.5 Å². The van der Waals surface area contributed by atoms with Gasteiger partial charge in [0.2, 0.25) is 0 Å². The number of rotatable bonds is 4. The summed E-state index contributed by atoms with van der Waals surface area (Å²) in [5, 5.41) is 23.4. The van der Waals surface area contributed by atoms with Crippen LogP contribution in [0, 0.1) is 10.1 Å². The topological polar surface area (TPSA) is 123 Å². The van der Waals surface area contributed by atoms with Crippen molar-refractivity contribution in [1.82, 2.24) is 4.98 Å². The number of amides is 1. The van der Waals surface area contributed by atoms with E-state index < -0.39 is 22.7 Å². The minimum absolute atomic E-state index is 0.0133. The number of hydrogen-bond acceptors (Lipinski definition) is 8. The van der Waals surface area contributed by atoms with E-state index in [1.54, 1.807) is 36.4 Å². The fourth-order valence-electron chi connectivity index (χ4n) is 4.84. The number of fused-ring (bicyclic) bond motifs is 2. The number of hydrogen-bond donors (Lipinski definition) is 1. The van der Waals surface area contributed by atoms with E-state index in [0.29, 0.717) is 38.5 Å². The van der Waals surface area contributed by atoms with Crippen molar-refractivity contribution in [2.24, 2.45) is 0 Å². The van der Waals surface area contributed by atoms with Gasteiger partial charge in [0.25, 0.3) is 11.5 Å². The van der Waals surface area contributed by atoms with E-state index in [0.717, 1.165) is 5.56 Å². The number of ketones is 1. The van der Waals surface area contributed by atoms with Crippen LogP contribution in [0.15, 0.2) is 66.2 Å². The first kappa shape index (κ1) is 24.1. The molecule has 0 spiro atoms. The van der Waals surface area contributed by atoms with E-state index in [-0.39, 0.29) is 28.3 Å². The molecular weight excluding hydrogens is 530 g/mol. The third-order valence-corrected chi connectivity index (χ3v) is 7.83. The zero-order chi connectivity index (χ0) is 26.7. The largest absolute Gasteiger partial charge is 0.507 e. The second-order valence-electron chi connectivity index (χ2n) is 9.08. The van der Waals surface area contributed by atoms with Gasteiger partial charge in [-0.15, -0.1) is 0 Å². The van der Waals surface area contributed by atoms with Crippen LogP contribution in [0.1, 0.15) is 29.7 Å². The van der Waals surface area contributed by atoms with E-state index in [4.69, 9.17) is 16.3 Å². The SMILES string of the molecule is C[C@H]1Cc2cc(/C(O)=C3\C(=O)C(=O)N(c4nc5ccc(Cl)cc5s4)[C@H]3c3ccc([N+](=O)[O-])cc3)ccc2O1.